The third-order valence-corrected chi connectivity index (χ3v) is 5.22. The number of sulfone groups is 1. The molecule has 1 rings (SSSR count). The van der Waals surface area contributed by atoms with E-state index in [4.69, 9.17) is 5.73 Å². The topological polar surface area (TPSA) is 100 Å². The van der Waals surface area contributed by atoms with Crippen LogP contribution >= 0.6 is 11.3 Å². The molecule has 0 aromatic carbocycles. The second-order valence-electron chi connectivity index (χ2n) is 3.22. The Bertz CT molecular complexity index is 487. The van der Waals surface area contributed by atoms with Gasteiger partial charge in [0.25, 0.3) is 0 Å². The molecule has 5 nitrogen and oxygen atoms in total. The van der Waals surface area contributed by atoms with E-state index < -0.39 is 21.1 Å². The van der Waals surface area contributed by atoms with Crippen LogP contribution in [0.25, 0.3) is 0 Å². The van der Waals surface area contributed by atoms with Gasteiger partial charge in [0.1, 0.15) is 4.90 Å². The summed E-state index contributed by atoms with van der Waals surface area (Å²) in [5.41, 5.74) is 5.21. The fourth-order valence-corrected chi connectivity index (χ4v) is 3.33. The minimum absolute atomic E-state index is 0.123. The van der Waals surface area contributed by atoms with Gasteiger partial charge < -0.3 is 15.6 Å². The van der Waals surface area contributed by atoms with Crippen LogP contribution in [0.3, 0.4) is 0 Å². The Morgan fingerprint density at radius 3 is 2.40 bits per heavy atom. The van der Waals surface area contributed by atoms with Crippen molar-refractivity contribution in [2.24, 2.45) is 0 Å². The molecule has 0 saturated heterocycles. The molecular formula is C8H10NO4S2-. The lowest BCUT2D eigenvalue weighted by atomic mass is 10.4. The van der Waals surface area contributed by atoms with Crippen LogP contribution in [0.4, 0.5) is 5.69 Å². The van der Waals surface area contributed by atoms with Gasteiger partial charge in [-0.3, -0.25) is 0 Å². The maximum absolute atomic E-state index is 11.7. The highest BCUT2D eigenvalue weighted by atomic mass is 32.2. The molecule has 0 aliphatic rings. The third kappa shape index (κ3) is 1.98. The highest BCUT2D eigenvalue weighted by molar-refractivity contribution is 7.92. The van der Waals surface area contributed by atoms with Crippen molar-refractivity contribution in [3.8, 4) is 0 Å². The number of carboxylic acids is 1. The lowest BCUT2D eigenvalue weighted by Gasteiger charge is -2.07. The maximum Gasteiger partial charge on any atom is 0.183 e. The maximum atomic E-state index is 11.7. The Labute approximate surface area is 91.5 Å². The molecule has 0 atom stereocenters. The number of anilines is 1. The van der Waals surface area contributed by atoms with Gasteiger partial charge in [-0.1, -0.05) is 0 Å². The highest BCUT2D eigenvalue weighted by Crippen LogP contribution is 2.30. The second-order valence-corrected chi connectivity index (χ2v) is 6.58. The molecule has 1 heterocycles. The minimum atomic E-state index is -3.53. The van der Waals surface area contributed by atoms with Crippen LogP contribution in [0.1, 0.15) is 23.5 Å². The molecule has 1 aromatic heterocycles. The summed E-state index contributed by atoms with van der Waals surface area (Å²) in [6.07, 6.45) is 0. The van der Waals surface area contributed by atoms with Crippen molar-refractivity contribution < 1.29 is 18.3 Å². The van der Waals surface area contributed by atoms with Gasteiger partial charge in [-0.15, -0.1) is 11.3 Å². The smallest absolute Gasteiger partial charge is 0.183 e. The Morgan fingerprint density at radius 1 is 1.53 bits per heavy atom. The number of hydrogen-bond donors (Lipinski definition) is 1. The van der Waals surface area contributed by atoms with Gasteiger partial charge in [0, 0.05) is 5.38 Å². The fraction of sp³-hybridized carbons (Fsp3) is 0.375. The summed E-state index contributed by atoms with van der Waals surface area (Å²) in [7, 11) is -3.53. The molecule has 0 unspecified atom stereocenters. The molecule has 0 saturated carbocycles. The summed E-state index contributed by atoms with van der Waals surface area (Å²) >= 11 is 0.762. The fourth-order valence-electron chi connectivity index (χ4n) is 0.984. The molecule has 2 N–H and O–H groups in total. The number of rotatable bonds is 3. The number of carbonyl (C=O) groups excluding carboxylic acids is 1. The summed E-state index contributed by atoms with van der Waals surface area (Å²) < 4.78 is 23.4. The molecule has 0 aliphatic heterocycles. The van der Waals surface area contributed by atoms with Crippen molar-refractivity contribution in [2.45, 2.75) is 24.0 Å². The van der Waals surface area contributed by atoms with Crippen LogP contribution in [-0.2, 0) is 9.84 Å². The molecule has 7 heteroatoms. The zero-order valence-corrected chi connectivity index (χ0v) is 9.81. The summed E-state index contributed by atoms with van der Waals surface area (Å²) in [4.78, 5) is 10.2. The zero-order chi connectivity index (χ0) is 11.8. The molecule has 0 aliphatic carbocycles. The lowest BCUT2D eigenvalue weighted by Crippen LogP contribution is -2.22. The van der Waals surface area contributed by atoms with Crippen LogP contribution < -0.4 is 10.8 Å². The number of thiophene rings is 1. The molecule has 15 heavy (non-hydrogen) atoms. The average molecular weight is 248 g/mol. The van der Waals surface area contributed by atoms with Crippen molar-refractivity contribution >= 4 is 32.8 Å². The summed E-state index contributed by atoms with van der Waals surface area (Å²) in [6.45, 7) is 3.01. The first kappa shape index (κ1) is 12.0. The molecule has 84 valence electrons. The van der Waals surface area contributed by atoms with E-state index in [0.29, 0.717) is 0 Å². The SMILES string of the molecule is CC(C)S(=O)(=O)c1csc(C(=O)[O-])c1N. The van der Waals surface area contributed by atoms with Crippen LogP contribution in [-0.4, -0.2) is 19.6 Å². The first-order chi connectivity index (χ1) is 6.78. The van der Waals surface area contributed by atoms with Gasteiger partial charge in [0.05, 0.1) is 21.8 Å². The van der Waals surface area contributed by atoms with Crippen molar-refractivity contribution in [3.63, 3.8) is 0 Å². The van der Waals surface area contributed by atoms with E-state index in [1.807, 2.05) is 0 Å². The van der Waals surface area contributed by atoms with Crippen molar-refractivity contribution in [2.75, 3.05) is 5.73 Å². The van der Waals surface area contributed by atoms with Gasteiger partial charge >= 0.3 is 0 Å². The van der Waals surface area contributed by atoms with E-state index in [-0.39, 0.29) is 15.5 Å². The van der Waals surface area contributed by atoms with Gasteiger partial charge in [0.2, 0.25) is 0 Å². The van der Waals surface area contributed by atoms with Gasteiger partial charge in [-0.25, -0.2) is 8.42 Å². The molecular weight excluding hydrogens is 238 g/mol. The summed E-state index contributed by atoms with van der Waals surface area (Å²) in [5.74, 6) is -1.46. The number of nitrogens with two attached hydrogens (primary N) is 1. The number of carboxylic acid groups (broad SMARTS) is 1. The Balaban J connectivity index is 3.37. The Kier molecular flexibility index (Phi) is 3.05. The van der Waals surface area contributed by atoms with Crippen LogP contribution in [0.15, 0.2) is 10.3 Å². The molecule has 0 spiro atoms. The summed E-state index contributed by atoms with van der Waals surface area (Å²) in [5, 5.41) is 11.2. The zero-order valence-electron chi connectivity index (χ0n) is 8.18. The first-order valence-electron chi connectivity index (χ1n) is 4.10. The predicted octanol–water partition coefficient (Wildman–Crippen LogP) is -0.124. The molecule has 0 radical (unpaired) electrons. The van der Waals surface area contributed by atoms with Gasteiger partial charge in [-0.05, 0) is 13.8 Å². The van der Waals surface area contributed by atoms with E-state index in [9.17, 15) is 18.3 Å². The van der Waals surface area contributed by atoms with Crippen LogP contribution in [0.5, 0.6) is 0 Å². The molecule has 1 aromatic rings. The molecule has 0 amide bonds. The number of carbonyl (C=O) groups is 1. The number of aromatic carboxylic acids is 1. The van der Waals surface area contributed by atoms with Crippen LogP contribution in [0, 0.1) is 0 Å². The van der Waals surface area contributed by atoms with Gasteiger partial charge in [0.15, 0.2) is 9.84 Å². The number of hydrogen-bond acceptors (Lipinski definition) is 6. The van der Waals surface area contributed by atoms with Crippen LogP contribution in [0.2, 0.25) is 0 Å². The third-order valence-electron chi connectivity index (χ3n) is 1.91. The Morgan fingerprint density at radius 2 is 2.07 bits per heavy atom. The van der Waals surface area contributed by atoms with E-state index in [1.54, 1.807) is 0 Å². The van der Waals surface area contributed by atoms with Crippen molar-refractivity contribution in [1.29, 1.82) is 0 Å². The minimum Gasteiger partial charge on any atom is -0.544 e. The lowest BCUT2D eigenvalue weighted by molar-refractivity contribution is -0.254. The standard InChI is InChI=1S/C8H11NO4S2/c1-4(2)15(12,13)5-3-14-7(6(5)9)8(10)11/h3-4H,9H2,1-2H3,(H,10,11)/p-1. The van der Waals surface area contributed by atoms with Crippen molar-refractivity contribution in [1.82, 2.24) is 0 Å². The quantitative estimate of drug-likeness (QED) is 0.803. The molecule has 0 fully saturated rings. The average Bonchev–Trinajstić information content (AvgIpc) is 2.46. The largest absolute Gasteiger partial charge is 0.544 e. The first-order valence-corrected chi connectivity index (χ1v) is 6.53. The molecule has 0 bridgehead atoms. The predicted molar refractivity (Wildman–Crippen MR) is 55.4 cm³/mol. The van der Waals surface area contributed by atoms with E-state index in [1.165, 1.54) is 19.2 Å². The number of nitrogen functional groups attached to an aromatic ring is 1. The van der Waals surface area contributed by atoms with E-state index in [0.717, 1.165) is 11.3 Å². The second kappa shape index (κ2) is 3.82. The van der Waals surface area contributed by atoms with Crippen molar-refractivity contribution in [3.05, 3.63) is 10.3 Å². The highest BCUT2D eigenvalue weighted by Gasteiger charge is 2.25. The Hall–Kier alpha value is -1.08. The monoisotopic (exact) mass is 248 g/mol. The summed E-state index contributed by atoms with van der Waals surface area (Å²) in [6, 6.07) is 0. The van der Waals surface area contributed by atoms with Gasteiger partial charge in [-0.2, -0.15) is 0 Å². The normalized spacial score (nSPS) is 11.9. The van der Waals surface area contributed by atoms with E-state index >= 15 is 0 Å². The van der Waals surface area contributed by atoms with E-state index in [2.05, 4.69) is 0 Å².